The summed E-state index contributed by atoms with van der Waals surface area (Å²) in [5.41, 5.74) is 2.90. The van der Waals surface area contributed by atoms with Crippen LogP contribution >= 0.6 is 23.2 Å². The molecule has 0 saturated heterocycles. The number of nitrogens with zero attached hydrogens (tertiary/aromatic N) is 2. The fraction of sp³-hybridized carbons (Fsp3) is 0.333. The van der Waals surface area contributed by atoms with Gasteiger partial charge in [-0.2, -0.15) is 0 Å². The molecular formula is C30H35Cl2N3O4S. The number of halogens is 2. The fourth-order valence-corrected chi connectivity index (χ4v) is 5.37. The van der Waals surface area contributed by atoms with Gasteiger partial charge in [-0.05, 0) is 42.2 Å². The van der Waals surface area contributed by atoms with E-state index in [1.54, 1.807) is 0 Å². The highest BCUT2D eigenvalue weighted by atomic mass is 35.5. The average molecular weight is 605 g/mol. The summed E-state index contributed by atoms with van der Waals surface area (Å²) in [7, 11) is -3.90. The zero-order chi connectivity index (χ0) is 29.4. The lowest BCUT2D eigenvalue weighted by Gasteiger charge is -2.33. The molecule has 0 unspecified atom stereocenters. The van der Waals surface area contributed by atoms with Gasteiger partial charge in [0.05, 0.1) is 22.0 Å². The number of carbonyl (C=O) groups is 2. The monoisotopic (exact) mass is 603 g/mol. The summed E-state index contributed by atoms with van der Waals surface area (Å²) in [6.45, 7) is 5.96. The molecule has 0 aromatic heterocycles. The molecule has 0 heterocycles. The molecule has 0 aliphatic heterocycles. The van der Waals surface area contributed by atoms with E-state index >= 15 is 0 Å². The first kappa shape index (κ1) is 31.5. The van der Waals surface area contributed by atoms with E-state index in [9.17, 15) is 18.0 Å². The molecular weight excluding hydrogens is 569 g/mol. The Morgan fingerprint density at radius 1 is 0.900 bits per heavy atom. The van der Waals surface area contributed by atoms with Crippen LogP contribution in [0.5, 0.6) is 0 Å². The Balaban J connectivity index is 2.06. The Kier molecular flexibility index (Phi) is 11.0. The van der Waals surface area contributed by atoms with Gasteiger partial charge in [-0.15, -0.1) is 0 Å². The molecule has 40 heavy (non-hydrogen) atoms. The lowest BCUT2D eigenvalue weighted by atomic mass is 10.0. The number of carbonyl (C=O) groups excluding carboxylic acids is 2. The van der Waals surface area contributed by atoms with Gasteiger partial charge in [0.15, 0.2) is 0 Å². The number of sulfonamides is 1. The van der Waals surface area contributed by atoms with Crippen molar-refractivity contribution >= 4 is 50.7 Å². The molecule has 3 rings (SSSR count). The fourth-order valence-electron chi connectivity index (χ4n) is 4.24. The van der Waals surface area contributed by atoms with Crippen LogP contribution in [-0.4, -0.2) is 50.5 Å². The van der Waals surface area contributed by atoms with Gasteiger partial charge < -0.3 is 10.2 Å². The number of hydrogen-bond acceptors (Lipinski definition) is 4. The number of amides is 2. The van der Waals surface area contributed by atoms with Crippen molar-refractivity contribution in [2.75, 3.05) is 23.7 Å². The third-order valence-corrected chi connectivity index (χ3v) is 8.14. The van der Waals surface area contributed by atoms with Crippen LogP contribution in [0.15, 0.2) is 72.8 Å². The molecule has 10 heteroatoms. The Morgan fingerprint density at radius 2 is 1.57 bits per heavy atom. The van der Waals surface area contributed by atoms with Crippen molar-refractivity contribution in [3.63, 3.8) is 0 Å². The van der Waals surface area contributed by atoms with Crippen LogP contribution in [0.2, 0.25) is 10.0 Å². The van der Waals surface area contributed by atoms with E-state index in [-0.39, 0.29) is 40.5 Å². The third-order valence-electron chi connectivity index (χ3n) is 6.26. The van der Waals surface area contributed by atoms with Crippen LogP contribution in [0.25, 0.3) is 0 Å². The second kappa shape index (κ2) is 14.0. The van der Waals surface area contributed by atoms with E-state index in [4.69, 9.17) is 23.2 Å². The molecule has 1 N–H and O–H groups in total. The van der Waals surface area contributed by atoms with E-state index in [2.05, 4.69) is 5.32 Å². The summed E-state index contributed by atoms with van der Waals surface area (Å²) in [6.07, 6.45) is 1.28. The van der Waals surface area contributed by atoms with Gasteiger partial charge in [0.25, 0.3) is 0 Å². The number of anilines is 1. The molecule has 2 amide bonds. The first-order valence-electron chi connectivity index (χ1n) is 12.9. The zero-order valence-electron chi connectivity index (χ0n) is 23.1. The Hall–Kier alpha value is -3.07. The van der Waals surface area contributed by atoms with Crippen LogP contribution in [0.4, 0.5) is 5.69 Å². The minimum atomic E-state index is -3.90. The Bertz CT molecular complexity index is 1430. The molecule has 7 nitrogen and oxygen atoms in total. The molecule has 1 atom stereocenters. The summed E-state index contributed by atoms with van der Waals surface area (Å²) >= 11 is 12.2. The Morgan fingerprint density at radius 3 is 2.17 bits per heavy atom. The van der Waals surface area contributed by atoms with Crippen LogP contribution in [-0.2, 0) is 32.6 Å². The van der Waals surface area contributed by atoms with E-state index in [0.29, 0.717) is 6.54 Å². The smallest absolute Gasteiger partial charge is 0.244 e. The Labute approximate surface area is 247 Å². The van der Waals surface area contributed by atoms with Crippen LogP contribution in [0, 0.1) is 12.8 Å². The van der Waals surface area contributed by atoms with Crippen LogP contribution in [0.1, 0.15) is 30.5 Å². The summed E-state index contributed by atoms with van der Waals surface area (Å²) in [6, 6.07) is 20.6. The van der Waals surface area contributed by atoms with Gasteiger partial charge in [-0.3, -0.25) is 13.9 Å². The van der Waals surface area contributed by atoms with Crippen molar-refractivity contribution < 1.29 is 18.0 Å². The molecule has 0 fully saturated rings. The number of nitrogens with one attached hydrogen (secondary N) is 1. The maximum atomic E-state index is 14.1. The zero-order valence-corrected chi connectivity index (χ0v) is 25.4. The quantitative estimate of drug-likeness (QED) is 0.297. The van der Waals surface area contributed by atoms with Crippen LogP contribution < -0.4 is 9.62 Å². The molecule has 0 spiro atoms. The third kappa shape index (κ3) is 8.98. The molecule has 0 aliphatic carbocycles. The summed E-state index contributed by atoms with van der Waals surface area (Å²) in [4.78, 5) is 29.2. The van der Waals surface area contributed by atoms with Crippen molar-refractivity contribution in [1.82, 2.24) is 10.2 Å². The maximum absolute atomic E-state index is 14.1. The number of rotatable bonds is 12. The summed E-state index contributed by atoms with van der Waals surface area (Å²) in [5.74, 6) is -0.629. The van der Waals surface area contributed by atoms with Gasteiger partial charge in [-0.25, -0.2) is 8.42 Å². The lowest BCUT2D eigenvalue weighted by molar-refractivity contribution is -0.140. The number of hydrogen-bond donors (Lipinski definition) is 1. The van der Waals surface area contributed by atoms with Crippen molar-refractivity contribution in [3.8, 4) is 0 Å². The maximum Gasteiger partial charge on any atom is 0.244 e. The molecule has 0 saturated carbocycles. The molecule has 3 aromatic rings. The first-order chi connectivity index (χ1) is 18.8. The van der Waals surface area contributed by atoms with Gasteiger partial charge in [0.1, 0.15) is 12.6 Å². The molecule has 3 aromatic carbocycles. The normalized spacial score (nSPS) is 12.2. The van der Waals surface area contributed by atoms with Crippen molar-refractivity contribution in [2.24, 2.45) is 5.92 Å². The SMILES string of the molecule is Cc1cccc(CN(C(=O)CN(c2ccc(Cl)c(Cl)c2)S(C)(=O)=O)[C@H](Cc2ccccc2)C(=O)NCC(C)C)c1. The van der Waals surface area contributed by atoms with Crippen molar-refractivity contribution in [2.45, 2.75) is 39.8 Å². The molecule has 0 aliphatic rings. The molecule has 0 radical (unpaired) electrons. The lowest BCUT2D eigenvalue weighted by Crippen LogP contribution is -2.53. The van der Waals surface area contributed by atoms with Gasteiger partial charge in [-0.1, -0.05) is 97.2 Å². The van der Waals surface area contributed by atoms with Crippen LogP contribution in [0.3, 0.4) is 0 Å². The minimum absolute atomic E-state index is 0.117. The summed E-state index contributed by atoms with van der Waals surface area (Å²) in [5, 5.41) is 3.39. The van der Waals surface area contributed by atoms with Gasteiger partial charge in [0.2, 0.25) is 21.8 Å². The average Bonchev–Trinajstić information content (AvgIpc) is 2.89. The van der Waals surface area contributed by atoms with Gasteiger partial charge >= 0.3 is 0 Å². The molecule has 0 bridgehead atoms. The predicted octanol–water partition coefficient (Wildman–Crippen LogP) is 5.48. The van der Waals surface area contributed by atoms with E-state index in [1.807, 2.05) is 75.4 Å². The van der Waals surface area contributed by atoms with E-state index in [1.165, 1.54) is 23.1 Å². The van der Waals surface area contributed by atoms with Crippen molar-refractivity contribution in [3.05, 3.63) is 99.5 Å². The number of aryl methyl sites for hydroxylation is 1. The topological polar surface area (TPSA) is 86.8 Å². The predicted molar refractivity (Wildman–Crippen MR) is 162 cm³/mol. The van der Waals surface area contributed by atoms with E-state index < -0.39 is 28.5 Å². The highest BCUT2D eigenvalue weighted by Gasteiger charge is 2.33. The molecule has 214 valence electrons. The second-order valence-corrected chi connectivity index (χ2v) is 12.9. The first-order valence-corrected chi connectivity index (χ1v) is 15.5. The van der Waals surface area contributed by atoms with E-state index in [0.717, 1.165) is 27.3 Å². The highest BCUT2D eigenvalue weighted by molar-refractivity contribution is 7.92. The van der Waals surface area contributed by atoms with Gasteiger partial charge in [0, 0.05) is 19.5 Å². The standard InChI is InChI=1S/C30H35Cl2N3O4S/c1-21(2)18-33-30(37)28(16-23-10-6-5-7-11-23)34(19-24-12-8-9-22(3)15-24)29(36)20-35(40(4,38)39)25-13-14-26(31)27(32)17-25/h5-15,17,21,28H,16,18-20H2,1-4H3,(H,33,37)/t28-/m1/s1. The summed E-state index contributed by atoms with van der Waals surface area (Å²) < 4.78 is 26.7. The number of benzene rings is 3. The largest absolute Gasteiger partial charge is 0.354 e. The minimum Gasteiger partial charge on any atom is -0.354 e. The van der Waals surface area contributed by atoms with Crippen molar-refractivity contribution in [1.29, 1.82) is 0 Å². The highest BCUT2D eigenvalue weighted by Crippen LogP contribution is 2.29. The second-order valence-electron chi connectivity index (χ2n) is 10.2.